The molecule has 8 heteroatoms. The lowest BCUT2D eigenvalue weighted by Gasteiger charge is -2.35. The van der Waals surface area contributed by atoms with Crippen molar-refractivity contribution < 1.29 is 18.7 Å². The second-order valence-electron chi connectivity index (χ2n) is 5.89. The second-order valence-corrected chi connectivity index (χ2v) is 5.89. The minimum absolute atomic E-state index is 0.169. The van der Waals surface area contributed by atoms with E-state index in [9.17, 15) is 14.4 Å². The van der Waals surface area contributed by atoms with Gasteiger partial charge in [-0.1, -0.05) is 12.1 Å². The van der Waals surface area contributed by atoms with Crippen LogP contribution in [0.25, 0.3) is 11.1 Å². The van der Waals surface area contributed by atoms with Crippen LogP contribution in [0, 0.1) is 0 Å². The Labute approximate surface area is 144 Å². The summed E-state index contributed by atoms with van der Waals surface area (Å²) in [4.78, 5) is 39.9. The van der Waals surface area contributed by atoms with Gasteiger partial charge in [0.05, 0.1) is 12.1 Å². The summed E-state index contributed by atoms with van der Waals surface area (Å²) in [6.07, 6.45) is -0.361. The van der Waals surface area contributed by atoms with E-state index in [1.54, 1.807) is 47.9 Å². The molecule has 2 aromatic rings. The summed E-state index contributed by atoms with van der Waals surface area (Å²) in [5, 5.41) is 0. The van der Waals surface area contributed by atoms with E-state index in [4.69, 9.17) is 9.15 Å². The zero-order valence-corrected chi connectivity index (χ0v) is 14.3. The van der Waals surface area contributed by atoms with Crippen molar-refractivity contribution >= 4 is 23.1 Å². The molecule has 1 fully saturated rings. The molecule has 1 unspecified atom stereocenters. The number of ether oxygens (including phenoxy) is 1. The van der Waals surface area contributed by atoms with Gasteiger partial charge < -0.3 is 19.0 Å². The topological polar surface area (TPSA) is 85.0 Å². The summed E-state index contributed by atoms with van der Waals surface area (Å²) in [7, 11) is 0. The fraction of sp³-hybridized carbons (Fsp3) is 0.471. The van der Waals surface area contributed by atoms with E-state index >= 15 is 0 Å². The van der Waals surface area contributed by atoms with Gasteiger partial charge in [-0.25, -0.2) is 9.59 Å². The number of carbonyl (C=O) groups excluding carboxylic acids is 2. The van der Waals surface area contributed by atoms with E-state index in [1.807, 2.05) is 0 Å². The standard InChI is InChI=1S/C17H21N3O5/c1-3-24-16(22)19-10-8-18(9-11-19)15(21)12(2)20-13-6-4-5-7-14(13)25-17(20)23/h4-7,12H,3,8-11H2,1-2H3. The van der Waals surface area contributed by atoms with Crippen LogP contribution in [-0.4, -0.2) is 59.2 Å². The van der Waals surface area contributed by atoms with Crippen LogP contribution in [0.15, 0.2) is 33.5 Å². The Balaban J connectivity index is 1.72. The minimum atomic E-state index is -0.676. The molecule has 0 spiro atoms. The molecular weight excluding hydrogens is 326 g/mol. The Morgan fingerprint density at radius 2 is 1.80 bits per heavy atom. The number of nitrogens with zero attached hydrogens (tertiary/aromatic N) is 3. The smallest absolute Gasteiger partial charge is 0.420 e. The first-order valence-corrected chi connectivity index (χ1v) is 8.33. The van der Waals surface area contributed by atoms with Crippen molar-refractivity contribution in [3.63, 3.8) is 0 Å². The number of benzene rings is 1. The van der Waals surface area contributed by atoms with Crippen molar-refractivity contribution in [2.24, 2.45) is 0 Å². The number of hydrogen-bond donors (Lipinski definition) is 0. The van der Waals surface area contributed by atoms with Crippen LogP contribution in [0.1, 0.15) is 19.9 Å². The first-order valence-electron chi connectivity index (χ1n) is 8.33. The van der Waals surface area contributed by atoms with Crippen LogP contribution in [0.3, 0.4) is 0 Å². The lowest BCUT2D eigenvalue weighted by Crippen LogP contribution is -2.52. The van der Waals surface area contributed by atoms with Crippen molar-refractivity contribution in [2.75, 3.05) is 32.8 Å². The highest BCUT2D eigenvalue weighted by Crippen LogP contribution is 2.19. The Kier molecular flexibility index (Phi) is 4.78. The first kappa shape index (κ1) is 17.1. The third-order valence-corrected chi connectivity index (χ3v) is 4.38. The Hall–Kier alpha value is -2.77. The van der Waals surface area contributed by atoms with Gasteiger partial charge in [-0.3, -0.25) is 9.36 Å². The van der Waals surface area contributed by atoms with Crippen molar-refractivity contribution in [1.29, 1.82) is 0 Å². The molecule has 2 amide bonds. The summed E-state index contributed by atoms with van der Waals surface area (Å²) in [6, 6.07) is 6.34. The van der Waals surface area contributed by atoms with Crippen molar-refractivity contribution in [1.82, 2.24) is 14.4 Å². The van der Waals surface area contributed by atoms with Gasteiger partial charge >= 0.3 is 11.8 Å². The summed E-state index contributed by atoms with van der Waals surface area (Å²) in [5.74, 6) is -0.718. The van der Waals surface area contributed by atoms with Gasteiger partial charge in [0.25, 0.3) is 0 Å². The van der Waals surface area contributed by atoms with Gasteiger partial charge in [-0.15, -0.1) is 0 Å². The van der Waals surface area contributed by atoms with E-state index < -0.39 is 11.8 Å². The van der Waals surface area contributed by atoms with Gasteiger partial charge in [-0.2, -0.15) is 0 Å². The van der Waals surface area contributed by atoms with Crippen molar-refractivity contribution in [2.45, 2.75) is 19.9 Å². The minimum Gasteiger partial charge on any atom is -0.450 e. The quantitative estimate of drug-likeness (QED) is 0.839. The number of rotatable bonds is 3. The average molecular weight is 347 g/mol. The highest BCUT2D eigenvalue weighted by atomic mass is 16.6. The number of hydrogen-bond acceptors (Lipinski definition) is 5. The molecule has 1 saturated heterocycles. The Morgan fingerprint density at radius 3 is 2.48 bits per heavy atom. The SMILES string of the molecule is CCOC(=O)N1CCN(C(=O)C(C)n2c(=O)oc3ccccc32)CC1. The zero-order valence-electron chi connectivity index (χ0n) is 14.3. The lowest BCUT2D eigenvalue weighted by molar-refractivity contribution is -0.135. The maximum absolute atomic E-state index is 12.8. The molecule has 1 aliphatic heterocycles. The predicted octanol–water partition coefficient (Wildman–Crippen LogP) is 1.46. The summed E-state index contributed by atoms with van der Waals surface area (Å²) in [5.41, 5.74) is 1.05. The van der Waals surface area contributed by atoms with Crippen LogP contribution >= 0.6 is 0 Å². The molecule has 8 nitrogen and oxygen atoms in total. The maximum atomic E-state index is 12.8. The summed E-state index contributed by atoms with van der Waals surface area (Å²) in [6.45, 7) is 5.41. The van der Waals surface area contributed by atoms with Crippen molar-refractivity contribution in [3.8, 4) is 0 Å². The van der Waals surface area contributed by atoms with E-state index in [1.165, 1.54) is 4.57 Å². The number of fused-ring (bicyclic) bond motifs is 1. The molecular formula is C17H21N3O5. The molecule has 1 aromatic carbocycles. The number of piperazine rings is 1. The Bertz CT molecular complexity index is 832. The molecule has 1 aromatic heterocycles. The molecule has 25 heavy (non-hydrogen) atoms. The number of carbonyl (C=O) groups is 2. The number of oxazole rings is 1. The maximum Gasteiger partial charge on any atom is 0.420 e. The monoisotopic (exact) mass is 347 g/mol. The highest BCUT2D eigenvalue weighted by molar-refractivity contribution is 5.83. The van der Waals surface area contributed by atoms with E-state index in [0.717, 1.165) is 0 Å². The van der Waals surface area contributed by atoms with Gasteiger partial charge in [0.2, 0.25) is 5.91 Å². The first-order chi connectivity index (χ1) is 12.0. The largest absolute Gasteiger partial charge is 0.450 e. The van der Waals surface area contributed by atoms with Gasteiger partial charge in [-0.05, 0) is 26.0 Å². The van der Waals surface area contributed by atoms with Crippen LogP contribution in [0.2, 0.25) is 0 Å². The molecule has 0 saturated carbocycles. The second kappa shape index (κ2) is 7.00. The number of para-hydroxylation sites is 2. The molecule has 0 aliphatic carbocycles. The average Bonchev–Trinajstić information content (AvgIpc) is 2.96. The third kappa shape index (κ3) is 3.24. The van der Waals surface area contributed by atoms with Gasteiger partial charge in [0.1, 0.15) is 6.04 Å². The molecule has 0 bridgehead atoms. The fourth-order valence-electron chi connectivity index (χ4n) is 3.05. The van der Waals surface area contributed by atoms with Gasteiger partial charge in [0.15, 0.2) is 5.58 Å². The third-order valence-electron chi connectivity index (χ3n) is 4.38. The van der Waals surface area contributed by atoms with Gasteiger partial charge in [0, 0.05) is 26.2 Å². The van der Waals surface area contributed by atoms with Crippen LogP contribution in [0.4, 0.5) is 4.79 Å². The van der Waals surface area contributed by atoms with Crippen molar-refractivity contribution in [3.05, 3.63) is 34.8 Å². The van der Waals surface area contributed by atoms with Crippen LogP contribution in [0.5, 0.6) is 0 Å². The van der Waals surface area contributed by atoms with E-state index in [2.05, 4.69) is 0 Å². The molecule has 134 valence electrons. The molecule has 2 heterocycles. The number of amides is 2. The summed E-state index contributed by atoms with van der Waals surface area (Å²) >= 11 is 0. The molecule has 1 atom stereocenters. The van der Waals surface area contributed by atoms with Crippen LogP contribution < -0.4 is 5.76 Å². The fourth-order valence-corrected chi connectivity index (χ4v) is 3.05. The molecule has 1 aliphatic rings. The predicted molar refractivity (Wildman–Crippen MR) is 90.4 cm³/mol. The van der Waals surface area contributed by atoms with E-state index in [-0.39, 0.29) is 12.0 Å². The number of aromatic nitrogens is 1. The lowest BCUT2D eigenvalue weighted by atomic mass is 10.2. The van der Waals surface area contributed by atoms with E-state index in [0.29, 0.717) is 43.9 Å². The highest BCUT2D eigenvalue weighted by Gasteiger charge is 2.29. The summed E-state index contributed by atoms with van der Waals surface area (Å²) < 4.78 is 11.5. The zero-order chi connectivity index (χ0) is 18.0. The van der Waals surface area contributed by atoms with Crippen LogP contribution in [-0.2, 0) is 9.53 Å². The molecule has 0 radical (unpaired) electrons. The molecule has 0 N–H and O–H groups in total. The Morgan fingerprint density at radius 1 is 1.16 bits per heavy atom. The normalized spacial score (nSPS) is 16.1. The molecule has 3 rings (SSSR count).